The molecule has 0 saturated carbocycles. The molecule has 0 saturated heterocycles. The van der Waals surface area contributed by atoms with Crippen molar-refractivity contribution in [2.24, 2.45) is 5.73 Å². The molecule has 2 nitrogen and oxygen atoms in total. The minimum Gasteiger partial charge on any atom is -0.337 e. The van der Waals surface area contributed by atoms with E-state index in [1.54, 1.807) is 0 Å². The number of aromatic nitrogens is 1. The molecular weight excluding hydrogens is 240 g/mol. The van der Waals surface area contributed by atoms with Crippen molar-refractivity contribution >= 4 is 26.8 Å². The maximum absolute atomic E-state index is 5.58. The van der Waals surface area contributed by atoms with Gasteiger partial charge in [0.2, 0.25) is 0 Å². The van der Waals surface area contributed by atoms with Gasteiger partial charge in [-0.1, -0.05) is 34.1 Å². The zero-order chi connectivity index (χ0) is 9.97. The molecule has 0 spiro atoms. The van der Waals surface area contributed by atoms with Gasteiger partial charge >= 0.3 is 0 Å². The zero-order valence-electron chi connectivity index (χ0n) is 7.91. The fourth-order valence-electron chi connectivity index (χ4n) is 1.78. The van der Waals surface area contributed by atoms with Gasteiger partial charge < -0.3 is 10.3 Å². The minimum absolute atomic E-state index is 0.705. The molecule has 14 heavy (non-hydrogen) atoms. The Morgan fingerprint density at radius 3 is 2.79 bits per heavy atom. The lowest BCUT2D eigenvalue weighted by Crippen LogP contribution is -2.01. The standard InChI is InChI=1S/C11H13BrN2/c12-8-14-7-9(5-6-13)10-3-1-2-4-11(10)14/h1-4,7H,5-6,8,13H2. The smallest absolute Gasteiger partial charge is 0.0779 e. The van der Waals surface area contributed by atoms with E-state index in [1.807, 2.05) is 0 Å². The van der Waals surface area contributed by atoms with Gasteiger partial charge in [0, 0.05) is 17.1 Å². The van der Waals surface area contributed by atoms with Crippen molar-refractivity contribution in [2.45, 2.75) is 11.9 Å². The van der Waals surface area contributed by atoms with Crippen molar-refractivity contribution in [1.29, 1.82) is 0 Å². The van der Waals surface area contributed by atoms with Gasteiger partial charge in [-0.05, 0) is 24.6 Å². The van der Waals surface area contributed by atoms with E-state index in [9.17, 15) is 0 Å². The van der Waals surface area contributed by atoms with Crippen LogP contribution < -0.4 is 5.73 Å². The van der Waals surface area contributed by atoms with E-state index in [2.05, 4.69) is 51.0 Å². The SMILES string of the molecule is NCCc1cn(CBr)c2ccccc12. The van der Waals surface area contributed by atoms with E-state index in [0.717, 1.165) is 11.9 Å². The molecule has 3 heteroatoms. The largest absolute Gasteiger partial charge is 0.337 e. The van der Waals surface area contributed by atoms with Gasteiger partial charge in [-0.25, -0.2) is 0 Å². The molecule has 1 aromatic heterocycles. The highest BCUT2D eigenvalue weighted by Gasteiger charge is 2.05. The van der Waals surface area contributed by atoms with Crippen molar-refractivity contribution in [3.8, 4) is 0 Å². The number of nitrogens with two attached hydrogens (primary N) is 1. The number of rotatable bonds is 3. The van der Waals surface area contributed by atoms with Gasteiger partial charge in [0.15, 0.2) is 0 Å². The average molecular weight is 253 g/mol. The lowest BCUT2D eigenvalue weighted by atomic mass is 10.1. The van der Waals surface area contributed by atoms with Gasteiger partial charge in [-0.15, -0.1) is 0 Å². The van der Waals surface area contributed by atoms with Gasteiger partial charge in [0.25, 0.3) is 0 Å². The van der Waals surface area contributed by atoms with Crippen molar-refractivity contribution < 1.29 is 0 Å². The van der Waals surface area contributed by atoms with E-state index >= 15 is 0 Å². The second-order valence-electron chi connectivity index (χ2n) is 3.30. The van der Waals surface area contributed by atoms with Crippen LogP contribution in [0.4, 0.5) is 0 Å². The lowest BCUT2D eigenvalue weighted by Gasteiger charge is -1.97. The van der Waals surface area contributed by atoms with Crippen LogP contribution in [0.2, 0.25) is 0 Å². The Morgan fingerprint density at radius 1 is 1.29 bits per heavy atom. The highest BCUT2D eigenvalue weighted by atomic mass is 79.9. The van der Waals surface area contributed by atoms with Gasteiger partial charge in [-0.3, -0.25) is 0 Å². The van der Waals surface area contributed by atoms with Crippen molar-refractivity contribution in [1.82, 2.24) is 4.57 Å². The fraction of sp³-hybridized carbons (Fsp3) is 0.273. The molecule has 1 heterocycles. The maximum Gasteiger partial charge on any atom is 0.0779 e. The fourth-order valence-corrected chi connectivity index (χ4v) is 2.19. The van der Waals surface area contributed by atoms with Crippen LogP contribution in [0.15, 0.2) is 30.5 Å². The van der Waals surface area contributed by atoms with E-state index in [1.165, 1.54) is 16.5 Å². The summed E-state index contributed by atoms with van der Waals surface area (Å²) in [5, 5.41) is 1.32. The molecule has 0 radical (unpaired) electrons. The van der Waals surface area contributed by atoms with Crippen molar-refractivity contribution in [2.75, 3.05) is 6.54 Å². The monoisotopic (exact) mass is 252 g/mol. The van der Waals surface area contributed by atoms with E-state index in [4.69, 9.17) is 5.73 Å². The van der Waals surface area contributed by atoms with Crippen LogP contribution >= 0.6 is 15.9 Å². The second-order valence-corrected chi connectivity index (χ2v) is 3.80. The molecule has 2 rings (SSSR count). The van der Waals surface area contributed by atoms with Gasteiger partial charge in [0.1, 0.15) is 0 Å². The molecular formula is C11H13BrN2. The Balaban J connectivity index is 2.61. The normalized spacial score (nSPS) is 11.0. The first kappa shape index (κ1) is 9.74. The number of halogens is 1. The molecule has 0 fully saturated rings. The third-order valence-electron chi connectivity index (χ3n) is 2.41. The Bertz CT molecular complexity index is 434. The Kier molecular flexibility index (Phi) is 2.89. The molecule has 1 aromatic carbocycles. The Morgan fingerprint density at radius 2 is 2.07 bits per heavy atom. The van der Waals surface area contributed by atoms with E-state index < -0.39 is 0 Å². The minimum atomic E-state index is 0.705. The number of alkyl halides is 1. The topological polar surface area (TPSA) is 30.9 Å². The quantitative estimate of drug-likeness (QED) is 0.837. The molecule has 74 valence electrons. The summed E-state index contributed by atoms with van der Waals surface area (Å²) in [6.45, 7) is 0.705. The number of para-hydroxylation sites is 1. The summed E-state index contributed by atoms with van der Waals surface area (Å²) in [6.07, 6.45) is 3.12. The van der Waals surface area contributed by atoms with Crippen LogP contribution in [0.3, 0.4) is 0 Å². The summed E-state index contributed by atoms with van der Waals surface area (Å²) in [7, 11) is 0. The molecule has 0 amide bonds. The number of nitrogens with zero attached hydrogens (tertiary/aromatic N) is 1. The van der Waals surface area contributed by atoms with Gasteiger partial charge in [0.05, 0.1) is 5.45 Å². The van der Waals surface area contributed by atoms with Crippen LogP contribution in [0.5, 0.6) is 0 Å². The average Bonchev–Trinajstić information content (AvgIpc) is 2.58. The molecule has 0 aliphatic carbocycles. The Hall–Kier alpha value is -0.800. The lowest BCUT2D eigenvalue weighted by molar-refractivity contribution is 0.921. The first-order chi connectivity index (χ1) is 6.86. The van der Waals surface area contributed by atoms with Crippen LogP contribution in [0.1, 0.15) is 5.56 Å². The van der Waals surface area contributed by atoms with E-state index in [-0.39, 0.29) is 0 Å². The molecule has 0 unspecified atom stereocenters. The Labute approximate surface area is 91.8 Å². The van der Waals surface area contributed by atoms with Crippen LogP contribution in [-0.4, -0.2) is 11.1 Å². The summed E-state index contributed by atoms with van der Waals surface area (Å²) in [4.78, 5) is 0. The van der Waals surface area contributed by atoms with E-state index in [0.29, 0.717) is 6.54 Å². The summed E-state index contributed by atoms with van der Waals surface area (Å²) in [5.74, 6) is 0. The molecule has 0 bridgehead atoms. The third-order valence-corrected chi connectivity index (χ3v) is 2.95. The van der Waals surface area contributed by atoms with Crippen molar-refractivity contribution in [3.05, 3.63) is 36.0 Å². The molecule has 0 atom stereocenters. The molecule has 0 aliphatic heterocycles. The predicted molar refractivity (Wildman–Crippen MR) is 63.6 cm³/mol. The maximum atomic E-state index is 5.58. The number of benzene rings is 1. The summed E-state index contributed by atoms with van der Waals surface area (Å²) >= 11 is 3.47. The number of hydrogen-bond acceptors (Lipinski definition) is 1. The molecule has 0 aliphatic rings. The summed E-state index contributed by atoms with van der Waals surface area (Å²) in [5.41, 5.74) is 9.02. The number of fused-ring (bicyclic) bond motifs is 1. The highest BCUT2D eigenvalue weighted by molar-refractivity contribution is 9.08. The van der Waals surface area contributed by atoms with Crippen LogP contribution in [0, 0.1) is 0 Å². The van der Waals surface area contributed by atoms with Crippen LogP contribution in [0.25, 0.3) is 10.9 Å². The van der Waals surface area contributed by atoms with Crippen molar-refractivity contribution in [3.63, 3.8) is 0 Å². The first-order valence-corrected chi connectivity index (χ1v) is 5.81. The third kappa shape index (κ3) is 1.57. The summed E-state index contributed by atoms with van der Waals surface area (Å²) in [6, 6.07) is 8.42. The zero-order valence-corrected chi connectivity index (χ0v) is 9.50. The van der Waals surface area contributed by atoms with Gasteiger partial charge in [-0.2, -0.15) is 0 Å². The second kappa shape index (κ2) is 4.15. The highest BCUT2D eigenvalue weighted by Crippen LogP contribution is 2.22. The summed E-state index contributed by atoms with van der Waals surface area (Å²) < 4.78 is 2.19. The van der Waals surface area contributed by atoms with Crippen LogP contribution in [-0.2, 0) is 11.9 Å². The number of hydrogen-bond donors (Lipinski definition) is 1. The molecule has 2 N–H and O–H groups in total. The first-order valence-electron chi connectivity index (χ1n) is 4.69. The molecule has 2 aromatic rings. The predicted octanol–water partition coefficient (Wildman–Crippen LogP) is 2.49.